The van der Waals surface area contributed by atoms with Gasteiger partial charge >= 0.3 is 5.97 Å². The van der Waals surface area contributed by atoms with E-state index >= 15 is 0 Å². The number of carbonyl (C=O) groups is 1. The second-order valence-electron chi connectivity index (χ2n) is 2.95. The third kappa shape index (κ3) is 7.85. The first-order valence-electron chi connectivity index (χ1n) is 4.97. The number of hydrogen-bond donors (Lipinski definition) is 3. The number of benzene rings is 1. The number of para-hydroxylation sites is 1. The number of aromatic carboxylic acids is 1. The molecule has 96 valence electrons. The highest BCUT2D eigenvalue weighted by atomic mass is 35.5. The van der Waals surface area contributed by atoms with Crippen molar-refractivity contribution < 1.29 is 15.0 Å². The van der Waals surface area contributed by atoms with Gasteiger partial charge in [-0.1, -0.05) is 12.1 Å². The molecule has 4 nitrogen and oxygen atoms in total. The third-order valence-electron chi connectivity index (χ3n) is 1.68. The van der Waals surface area contributed by atoms with Gasteiger partial charge in [0.2, 0.25) is 0 Å². The Kier molecular flexibility index (Phi) is 9.62. The van der Waals surface area contributed by atoms with Gasteiger partial charge in [-0.3, -0.25) is 0 Å². The van der Waals surface area contributed by atoms with E-state index in [0.717, 1.165) is 13.1 Å². The normalized spacial score (nSPS) is 9.29. The molecule has 17 heavy (non-hydrogen) atoms. The number of aromatic hydroxyl groups is 1. The summed E-state index contributed by atoms with van der Waals surface area (Å²) in [4.78, 5) is 10.3. The number of nitrogens with one attached hydrogen (secondary N) is 1. The van der Waals surface area contributed by atoms with Gasteiger partial charge in [0.25, 0.3) is 0 Å². The number of carboxylic acids is 1. The summed E-state index contributed by atoms with van der Waals surface area (Å²) in [7, 11) is 0. The summed E-state index contributed by atoms with van der Waals surface area (Å²) in [5.41, 5.74) is -0.0671. The lowest BCUT2D eigenvalue weighted by Crippen LogP contribution is -2.18. The zero-order valence-corrected chi connectivity index (χ0v) is 10.7. The number of rotatable bonds is 5. The highest BCUT2D eigenvalue weighted by molar-refractivity contribution is 6.18. The van der Waals surface area contributed by atoms with E-state index in [1.807, 2.05) is 0 Å². The first kappa shape index (κ1) is 16.0. The topological polar surface area (TPSA) is 69.6 Å². The molecule has 0 amide bonds. The molecule has 0 aliphatic carbocycles. The average molecular weight is 280 g/mol. The molecule has 6 heteroatoms. The van der Waals surface area contributed by atoms with Gasteiger partial charge in [0.05, 0.1) is 0 Å². The summed E-state index contributed by atoms with van der Waals surface area (Å²) in [5, 5.41) is 20.3. The van der Waals surface area contributed by atoms with Crippen LogP contribution in [0.15, 0.2) is 24.3 Å². The number of phenols is 1. The van der Waals surface area contributed by atoms with Crippen molar-refractivity contribution in [3.63, 3.8) is 0 Å². The molecule has 0 atom stereocenters. The lowest BCUT2D eigenvalue weighted by atomic mass is 10.2. The standard InChI is InChI=1S/C7H6O3.C4H9Cl2N/c8-6-4-2-1-3-5(6)7(9)10;5-1-3-7-4-2-6/h1-4,8H,(H,9,10);7H,1-4H2. The molecule has 0 radical (unpaired) electrons. The van der Waals surface area contributed by atoms with E-state index in [2.05, 4.69) is 5.32 Å². The van der Waals surface area contributed by atoms with Crippen molar-refractivity contribution in [2.75, 3.05) is 24.8 Å². The maximum Gasteiger partial charge on any atom is 0.339 e. The van der Waals surface area contributed by atoms with Crippen LogP contribution in [0.5, 0.6) is 5.75 Å². The Labute approximate surface area is 110 Å². The molecule has 1 aromatic carbocycles. The Hall–Kier alpha value is -0.970. The molecule has 0 aliphatic heterocycles. The molecule has 0 aromatic heterocycles. The number of hydrogen-bond acceptors (Lipinski definition) is 3. The van der Waals surface area contributed by atoms with Crippen LogP contribution < -0.4 is 5.32 Å². The fourth-order valence-electron chi connectivity index (χ4n) is 0.913. The SMILES string of the molecule is ClCCNCCCl.O=C(O)c1ccccc1O. The zero-order chi connectivity index (χ0) is 13.1. The van der Waals surface area contributed by atoms with Gasteiger partial charge in [-0.05, 0) is 12.1 Å². The highest BCUT2D eigenvalue weighted by Crippen LogP contribution is 2.14. The quantitative estimate of drug-likeness (QED) is 0.571. The fraction of sp³-hybridized carbons (Fsp3) is 0.364. The van der Waals surface area contributed by atoms with E-state index in [0.29, 0.717) is 11.8 Å². The van der Waals surface area contributed by atoms with Crippen LogP contribution in [-0.4, -0.2) is 41.0 Å². The van der Waals surface area contributed by atoms with E-state index in [1.54, 1.807) is 12.1 Å². The van der Waals surface area contributed by atoms with Gasteiger partial charge in [0, 0.05) is 24.8 Å². The van der Waals surface area contributed by atoms with Crippen LogP contribution in [-0.2, 0) is 0 Å². The van der Waals surface area contributed by atoms with Crippen LogP contribution in [0.2, 0.25) is 0 Å². The van der Waals surface area contributed by atoms with Crippen LogP contribution >= 0.6 is 23.2 Å². The van der Waals surface area contributed by atoms with Gasteiger partial charge in [0.15, 0.2) is 0 Å². The zero-order valence-electron chi connectivity index (χ0n) is 9.20. The van der Waals surface area contributed by atoms with Crippen molar-refractivity contribution in [1.82, 2.24) is 5.32 Å². The van der Waals surface area contributed by atoms with Crippen molar-refractivity contribution in [3.05, 3.63) is 29.8 Å². The third-order valence-corrected chi connectivity index (χ3v) is 2.05. The van der Waals surface area contributed by atoms with Gasteiger partial charge in [0.1, 0.15) is 11.3 Å². The Balaban J connectivity index is 0.000000325. The van der Waals surface area contributed by atoms with Gasteiger partial charge in [-0.25, -0.2) is 4.79 Å². The molecular formula is C11H15Cl2NO3. The van der Waals surface area contributed by atoms with E-state index in [4.69, 9.17) is 33.4 Å². The molecule has 1 rings (SSSR count). The van der Waals surface area contributed by atoms with Crippen molar-refractivity contribution in [2.24, 2.45) is 0 Å². The minimum atomic E-state index is -1.11. The molecular weight excluding hydrogens is 265 g/mol. The van der Waals surface area contributed by atoms with Crippen LogP contribution in [0.3, 0.4) is 0 Å². The number of halogens is 2. The van der Waals surface area contributed by atoms with Gasteiger partial charge < -0.3 is 15.5 Å². The van der Waals surface area contributed by atoms with Crippen LogP contribution in [0, 0.1) is 0 Å². The molecule has 0 saturated heterocycles. The monoisotopic (exact) mass is 279 g/mol. The smallest absolute Gasteiger partial charge is 0.339 e. The molecule has 0 aliphatic rings. The fourth-order valence-corrected chi connectivity index (χ4v) is 1.18. The summed E-state index contributed by atoms with van der Waals surface area (Å²) < 4.78 is 0. The molecule has 0 bridgehead atoms. The summed E-state index contributed by atoms with van der Waals surface area (Å²) in [5.74, 6) is 0.0152. The second-order valence-corrected chi connectivity index (χ2v) is 3.71. The lowest BCUT2D eigenvalue weighted by molar-refractivity contribution is 0.0694. The summed E-state index contributed by atoms with van der Waals surface area (Å²) in [6.45, 7) is 1.71. The van der Waals surface area contributed by atoms with E-state index in [1.165, 1.54) is 12.1 Å². The van der Waals surface area contributed by atoms with Crippen LogP contribution in [0.25, 0.3) is 0 Å². The highest BCUT2D eigenvalue weighted by Gasteiger charge is 2.05. The van der Waals surface area contributed by atoms with Crippen molar-refractivity contribution in [3.8, 4) is 5.75 Å². The molecule has 3 N–H and O–H groups in total. The lowest BCUT2D eigenvalue weighted by Gasteiger charge is -1.95. The predicted molar refractivity (Wildman–Crippen MR) is 69.4 cm³/mol. The number of alkyl halides is 2. The molecule has 1 aromatic rings. The Bertz CT molecular complexity index is 330. The first-order valence-corrected chi connectivity index (χ1v) is 6.04. The first-order chi connectivity index (χ1) is 8.13. The minimum absolute atomic E-state index is 0.0671. The van der Waals surface area contributed by atoms with Crippen LogP contribution in [0.4, 0.5) is 0 Å². The Morgan fingerprint density at radius 2 is 1.71 bits per heavy atom. The van der Waals surface area contributed by atoms with Gasteiger partial charge in [-0.2, -0.15) is 0 Å². The molecule has 0 fully saturated rings. The predicted octanol–water partition coefficient (Wildman–Crippen LogP) is 2.14. The largest absolute Gasteiger partial charge is 0.507 e. The van der Waals surface area contributed by atoms with Crippen molar-refractivity contribution >= 4 is 29.2 Å². The molecule has 0 unspecified atom stereocenters. The summed E-state index contributed by atoms with van der Waals surface area (Å²) in [6.07, 6.45) is 0. The second kappa shape index (κ2) is 10.2. The maximum absolute atomic E-state index is 10.3. The number of carboxylic acid groups (broad SMARTS) is 1. The molecule has 0 spiro atoms. The van der Waals surface area contributed by atoms with E-state index < -0.39 is 5.97 Å². The Morgan fingerprint density at radius 1 is 1.18 bits per heavy atom. The Morgan fingerprint density at radius 3 is 2.06 bits per heavy atom. The van der Waals surface area contributed by atoms with E-state index in [9.17, 15) is 4.79 Å². The summed E-state index contributed by atoms with van der Waals surface area (Å²) in [6, 6.07) is 5.81. The van der Waals surface area contributed by atoms with Crippen molar-refractivity contribution in [1.29, 1.82) is 0 Å². The average Bonchev–Trinajstić information content (AvgIpc) is 2.31. The minimum Gasteiger partial charge on any atom is -0.507 e. The van der Waals surface area contributed by atoms with Crippen LogP contribution in [0.1, 0.15) is 10.4 Å². The molecule has 0 heterocycles. The summed E-state index contributed by atoms with van der Waals surface area (Å²) >= 11 is 10.7. The maximum atomic E-state index is 10.3. The van der Waals surface area contributed by atoms with Gasteiger partial charge in [-0.15, -0.1) is 23.2 Å². The van der Waals surface area contributed by atoms with Crippen molar-refractivity contribution in [2.45, 2.75) is 0 Å². The molecule has 0 saturated carbocycles. The van der Waals surface area contributed by atoms with E-state index in [-0.39, 0.29) is 11.3 Å².